The van der Waals surface area contributed by atoms with E-state index in [0.29, 0.717) is 15.7 Å². The maximum atomic E-state index is 13.9. The van der Waals surface area contributed by atoms with Crippen molar-refractivity contribution in [3.05, 3.63) is 76.3 Å². The first kappa shape index (κ1) is 22.7. The normalized spacial score (nSPS) is 17.8. The van der Waals surface area contributed by atoms with E-state index in [0.717, 1.165) is 5.56 Å². The van der Waals surface area contributed by atoms with Crippen molar-refractivity contribution in [2.75, 3.05) is 4.90 Å². The number of alkyl carbamates (subject to hydrolysis) is 1. The number of nitrogens with zero attached hydrogens (tertiary/aromatic N) is 1. The molecule has 0 bridgehead atoms. The molecule has 0 radical (unpaired) electrons. The first-order valence-electron chi connectivity index (χ1n) is 9.83. The van der Waals surface area contributed by atoms with E-state index in [2.05, 4.69) is 27.8 Å². The van der Waals surface area contributed by atoms with E-state index in [-0.39, 0.29) is 12.1 Å². The fourth-order valence-corrected chi connectivity index (χ4v) is 3.96. The fraction of sp³-hybridized carbons (Fsp3) is 0.292. The van der Waals surface area contributed by atoms with Gasteiger partial charge in [-0.2, -0.15) is 0 Å². The van der Waals surface area contributed by atoms with Crippen molar-refractivity contribution in [3.8, 4) is 0 Å². The van der Waals surface area contributed by atoms with Crippen LogP contribution >= 0.6 is 15.9 Å². The quantitative estimate of drug-likeness (QED) is 0.614. The highest BCUT2D eigenvalue weighted by molar-refractivity contribution is 9.10. The zero-order valence-electron chi connectivity index (χ0n) is 18.0. The predicted molar refractivity (Wildman–Crippen MR) is 123 cm³/mol. The SMILES string of the molecule is C=C(C(C)=O)[C@@]1(NC(=O)OC(C)(C)C)C(=O)N(Cc2ccccc2)c2ccc(Br)cc21. The van der Waals surface area contributed by atoms with Crippen molar-refractivity contribution in [2.45, 2.75) is 45.4 Å². The van der Waals surface area contributed by atoms with Crippen LogP contribution in [0.15, 0.2) is 65.2 Å². The molecule has 0 aromatic heterocycles. The van der Waals surface area contributed by atoms with Gasteiger partial charge in [-0.15, -0.1) is 0 Å². The molecule has 0 saturated heterocycles. The molecule has 31 heavy (non-hydrogen) atoms. The fourth-order valence-electron chi connectivity index (χ4n) is 3.60. The highest BCUT2D eigenvalue weighted by Gasteiger charge is 2.55. The summed E-state index contributed by atoms with van der Waals surface area (Å²) in [6.45, 7) is 10.7. The minimum absolute atomic E-state index is 0.0294. The lowest BCUT2D eigenvalue weighted by atomic mass is 9.82. The van der Waals surface area contributed by atoms with Gasteiger partial charge in [-0.25, -0.2) is 4.79 Å². The highest BCUT2D eigenvalue weighted by Crippen LogP contribution is 2.46. The van der Waals surface area contributed by atoms with Gasteiger partial charge in [0.05, 0.1) is 12.2 Å². The summed E-state index contributed by atoms with van der Waals surface area (Å²) in [5.41, 5.74) is -0.606. The Morgan fingerprint density at radius 1 is 1.16 bits per heavy atom. The Labute approximate surface area is 190 Å². The van der Waals surface area contributed by atoms with E-state index >= 15 is 0 Å². The van der Waals surface area contributed by atoms with Crippen LogP contribution in [0.4, 0.5) is 10.5 Å². The molecule has 162 valence electrons. The molecule has 3 rings (SSSR count). The minimum Gasteiger partial charge on any atom is -0.444 e. The molecule has 0 saturated carbocycles. The number of carbonyl (C=O) groups excluding carboxylic acids is 3. The molecular formula is C24H25BrN2O4. The van der Waals surface area contributed by atoms with Crippen LogP contribution in [0.1, 0.15) is 38.8 Å². The standard InChI is InChI=1S/C24H25BrN2O4/c1-15(16(2)28)24(26-22(30)31-23(3,4)5)19-13-18(25)11-12-20(19)27(21(24)29)14-17-9-7-6-8-10-17/h6-13H,1,14H2,2-5H3,(H,26,30)/t24-/m0/s1. The summed E-state index contributed by atoms with van der Waals surface area (Å²) in [6.07, 6.45) is -0.810. The summed E-state index contributed by atoms with van der Waals surface area (Å²) in [5.74, 6) is -0.868. The third-order valence-corrected chi connectivity index (χ3v) is 5.46. The lowest BCUT2D eigenvalue weighted by molar-refractivity contribution is -0.125. The molecule has 6 nitrogen and oxygen atoms in total. The van der Waals surface area contributed by atoms with Gasteiger partial charge in [0, 0.05) is 15.6 Å². The molecule has 2 aromatic rings. The van der Waals surface area contributed by atoms with Gasteiger partial charge in [-0.05, 0) is 51.5 Å². The van der Waals surface area contributed by atoms with Gasteiger partial charge < -0.3 is 9.64 Å². The molecule has 1 atom stereocenters. The van der Waals surface area contributed by atoms with Crippen molar-refractivity contribution >= 4 is 39.4 Å². The number of benzene rings is 2. The number of fused-ring (bicyclic) bond motifs is 1. The number of hydrogen-bond donors (Lipinski definition) is 1. The average molecular weight is 485 g/mol. The third-order valence-electron chi connectivity index (χ3n) is 4.97. The summed E-state index contributed by atoms with van der Waals surface area (Å²) in [5, 5.41) is 2.69. The number of halogens is 1. The van der Waals surface area contributed by atoms with Crippen molar-refractivity contribution in [3.63, 3.8) is 0 Å². The van der Waals surface area contributed by atoms with Crippen LogP contribution < -0.4 is 10.2 Å². The molecule has 2 aromatic carbocycles. The Morgan fingerprint density at radius 2 is 1.81 bits per heavy atom. The number of Topliss-reactive ketones (excluding diaryl/α,β-unsaturated/α-hetero) is 1. The van der Waals surface area contributed by atoms with Gasteiger partial charge >= 0.3 is 6.09 Å². The van der Waals surface area contributed by atoms with E-state index < -0.39 is 28.9 Å². The Kier molecular flexibility index (Phi) is 6.09. The van der Waals surface area contributed by atoms with Crippen LogP contribution in [0.2, 0.25) is 0 Å². The van der Waals surface area contributed by atoms with Crippen LogP contribution in [0.3, 0.4) is 0 Å². The second kappa shape index (κ2) is 8.30. The number of rotatable bonds is 5. The van der Waals surface area contributed by atoms with E-state index in [4.69, 9.17) is 4.74 Å². The summed E-state index contributed by atoms with van der Waals surface area (Å²) < 4.78 is 6.12. The topological polar surface area (TPSA) is 75.7 Å². The number of anilines is 1. The van der Waals surface area contributed by atoms with Crippen LogP contribution in [0.25, 0.3) is 0 Å². The first-order chi connectivity index (χ1) is 14.5. The van der Waals surface area contributed by atoms with Crippen molar-refractivity contribution in [1.29, 1.82) is 0 Å². The number of carbonyl (C=O) groups is 3. The number of ketones is 1. The molecule has 0 spiro atoms. The Hall–Kier alpha value is -2.93. The van der Waals surface area contributed by atoms with Crippen LogP contribution in [-0.2, 0) is 26.4 Å². The summed E-state index contributed by atoms with van der Waals surface area (Å²) in [7, 11) is 0. The lowest BCUT2D eigenvalue weighted by Gasteiger charge is -2.32. The first-order valence-corrected chi connectivity index (χ1v) is 10.6. The molecule has 0 aliphatic carbocycles. The number of ether oxygens (including phenoxy) is 1. The maximum Gasteiger partial charge on any atom is 0.409 e. The van der Waals surface area contributed by atoms with E-state index in [9.17, 15) is 14.4 Å². The van der Waals surface area contributed by atoms with E-state index in [1.54, 1.807) is 37.8 Å². The zero-order chi connectivity index (χ0) is 23.0. The molecule has 1 aliphatic rings. The summed E-state index contributed by atoms with van der Waals surface area (Å²) in [4.78, 5) is 40.7. The molecule has 2 amide bonds. The predicted octanol–water partition coefficient (Wildman–Crippen LogP) is 4.86. The Morgan fingerprint density at radius 3 is 2.39 bits per heavy atom. The van der Waals surface area contributed by atoms with Gasteiger partial charge in [0.2, 0.25) is 0 Å². The summed E-state index contributed by atoms with van der Waals surface area (Å²) >= 11 is 3.44. The van der Waals surface area contributed by atoms with Crippen LogP contribution in [0.5, 0.6) is 0 Å². The zero-order valence-corrected chi connectivity index (χ0v) is 19.6. The average Bonchev–Trinajstić information content (AvgIpc) is 2.89. The van der Waals surface area contributed by atoms with Crippen molar-refractivity contribution in [2.24, 2.45) is 0 Å². The monoisotopic (exact) mass is 484 g/mol. The van der Waals surface area contributed by atoms with Gasteiger partial charge in [0.15, 0.2) is 11.3 Å². The highest BCUT2D eigenvalue weighted by atomic mass is 79.9. The Balaban J connectivity index is 2.16. The van der Waals surface area contributed by atoms with E-state index in [1.165, 1.54) is 6.92 Å². The van der Waals surface area contributed by atoms with Gasteiger partial charge in [0.25, 0.3) is 5.91 Å². The van der Waals surface area contributed by atoms with Crippen LogP contribution in [0, 0.1) is 0 Å². The lowest BCUT2D eigenvalue weighted by Crippen LogP contribution is -2.56. The smallest absolute Gasteiger partial charge is 0.409 e. The van der Waals surface area contributed by atoms with Crippen LogP contribution in [-0.4, -0.2) is 23.4 Å². The third kappa shape index (κ3) is 4.42. The molecular weight excluding hydrogens is 460 g/mol. The number of hydrogen-bond acceptors (Lipinski definition) is 4. The largest absolute Gasteiger partial charge is 0.444 e. The molecule has 1 N–H and O–H groups in total. The van der Waals surface area contributed by atoms with Crippen molar-refractivity contribution < 1.29 is 19.1 Å². The minimum atomic E-state index is -1.76. The second-order valence-electron chi connectivity index (χ2n) is 8.45. The molecule has 0 unspecified atom stereocenters. The number of nitrogens with one attached hydrogen (secondary N) is 1. The van der Waals surface area contributed by atoms with Gasteiger partial charge in [-0.1, -0.05) is 52.8 Å². The Bertz CT molecular complexity index is 1060. The molecule has 0 fully saturated rings. The maximum absolute atomic E-state index is 13.9. The molecule has 7 heteroatoms. The molecule has 1 heterocycles. The second-order valence-corrected chi connectivity index (χ2v) is 9.37. The number of amides is 2. The van der Waals surface area contributed by atoms with Gasteiger partial charge in [0.1, 0.15) is 5.60 Å². The van der Waals surface area contributed by atoms with E-state index in [1.807, 2.05) is 36.4 Å². The van der Waals surface area contributed by atoms with Crippen molar-refractivity contribution in [1.82, 2.24) is 5.32 Å². The molecule has 1 aliphatic heterocycles. The van der Waals surface area contributed by atoms with Gasteiger partial charge in [-0.3, -0.25) is 14.9 Å². The summed E-state index contributed by atoms with van der Waals surface area (Å²) in [6, 6.07) is 14.8.